The lowest BCUT2D eigenvalue weighted by molar-refractivity contribution is 0.102. The van der Waals surface area contributed by atoms with Gasteiger partial charge in [0.1, 0.15) is 17.3 Å². The van der Waals surface area contributed by atoms with Crippen LogP contribution in [0, 0.1) is 12.7 Å². The second-order valence-electron chi connectivity index (χ2n) is 9.49. The van der Waals surface area contributed by atoms with Gasteiger partial charge < -0.3 is 19.6 Å². The number of aryl methyl sites for hydroxylation is 2. The van der Waals surface area contributed by atoms with E-state index in [1.54, 1.807) is 30.0 Å². The summed E-state index contributed by atoms with van der Waals surface area (Å²) < 4.78 is 18.8. The molecule has 186 valence electrons. The summed E-state index contributed by atoms with van der Waals surface area (Å²) in [4.78, 5) is 26.6. The molecule has 0 fully saturated rings. The van der Waals surface area contributed by atoms with Gasteiger partial charge >= 0.3 is 0 Å². The molecule has 0 bridgehead atoms. The van der Waals surface area contributed by atoms with E-state index in [1.165, 1.54) is 12.1 Å². The number of hydrogen-bond acceptors (Lipinski definition) is 5. The standard InChI is InChI=1S/C27H29FN6O2/c1-16(2)23-14-33(15-30-23)24-12-20(21(28)11-17(24)3)27(36)32-25-6-4-5-22(31-25)26-29-13-19-8-7-18(9-10-35)34(19)26/h4-6,11-16,18,35H,7-10H2,1-3H3,(H,31,32,36)/t18-/m0/s1. The number of nitrogens with zero attached hydrogens (tertiary/aromatic N) is 5. The average Bonchev–Trinajstić information content (AvgIpc) is 3.57. The highest BCUT2D eigenvalue weighted by molar-refractivity contribution is 6.04. The molecule has 0 unspecified atom stereocenters. The lowest BCUT2D eigenvalue weighted by Gasteiger charge is -2.15. The number of aromatic nitrogens is 5. The first-order chi connectivity index (χ1) is 17.4. The smallest absolute Gasteiger partial charge is 0.259 e. The van der Waals surface area contributed by atoms with E-state index in [9.17, 15) is 14.3 Å². The summed E-state index contributed by atoms with van der Waals surface area (Å²) in [5.74, 6) is 0.0594. The molecule has 2 N–H and O–H groups in total. The first-order valence-corrected chi connectivity index (χ1v) is 12.2. The van der Waals surface area contributed by atoms with Gasteiger partial charge in [-0.05, 0) is 61.9 Å². The molecule has 9 heteroatoms. The Morgan fingerprint density at radius 1 is 1.28 bits per heavy atom. The Balaban J connectivity index is 1.42. The number of benzene rings is 1. The Morgan fingerprint density at radius 3 is 2.86 bits per heavy atom. The average molecular weight is 489 g/mol. The lowest BCUT2D eigenvalue weighted by Crippen LogP contribution is -2.16. The Hall–Kier alpha value is -3.85. The van der Waals surface area contributed by atoms with Crippen LogP contribution in [0.25, 0.3) is 17.2 Å². The minimum Gasteiger partial charge on any atom is -0.396 e. The number of pyridine rings is 1. The maximum atomic E-state index is 14.9. The normalized spacial score (nSPS) is 14.9. The highest BCUT2D eigenvalue weighted by Crippen LogP contribution is 2.34. The summed E-state index contributed by atoms with van der Waals surface area (Å²) in [5.41, 5.74) is 3.93. The van der Waals surface area contributed by atoms with Crippen LogP contribution in [0.1, 0.15) is 66.0 Å². The molecule has 3 aromatic heterocycles. The molecule has 1 aliphatic heterocycles. The summed E-state index contributed by atoms with van der Waals surface area (Å²) >= 11 is 0. The van der Waals surface area contributed by atoms with Crippen molar-refractivity contribution in [2.45, 2.75) is 52.0 Å². The van der Waals surface area contributed by atoms with Crippen LogP contribution < -0.4 is 5.32 Å². The van der Waals surface area contributed by atoms with Crippen molar-refractivity contribution in [3.05, 3.63) is 77.4 Å². The molecule has 0 spiro atoms. The van der Waals surface area contributed by atoms with E-state index >= 15 is 0 Å². The molecule has 4 heterocycles. The number of anilines is 1. The van der Waals surface area contributed by atoms with Crippen LogP contribution in [0.3, 0.4) is 0 Å². The molecule has 1 amide bonds. The second kappa shape index (κ2) is 9.66. The van der Waals surface area contributed by atoms with Gasteiger partial charge in [0.25, 0.3) is 5.91 Å². The Kier molecular flexibility index (Phi) is 6.40. The van der Waals surface area contributed by atoms with Crippen LogP contribution in [0.2, 0.25) is 0 Å². The zero-order valence-corrected chi connectivity index (χ0v) is 20.6. The maximum absolute atomic E-state index is 14.9. The zero-order valence-electron chi connectivity index (χ0n) is 20.6. The molecule has 36 heavy (non-hydrogen) atoms. The Labute approximate surface area is 208 Å². The topological polar surface area (TPSA) is 97.9 Å². The van der Waals surface area contributed by atoms with Crippen molar-refractivity contribution < 1.29 is 14.3 Å². The van der Waals surface area contributed by atoms with E-state index in [-0.39, 0.29) is 24.1 Å². The van der Waals surface area contributed by atoms with Crippen molar-refractivity contribution in [3.63, 3.8) is 0 Å². The number of halogens is 1. The van der Waals surface area contributed by atoms with Gasteiger partial charge in [-0.3, -0.25) is 4.79 Å². The van der Waals surface area contributed by atoms with Gasteiger partial charge in [-0.15, -0.1) is 0 Å². The number of aliphatic hydroxyl groups is 1. The molecule has 0 saturated carbocycles. The summed E-state index contributed by atoms with van der Waals surface area (Å²) in [6.07, 6.45) is 7.91. The number of aliphatic hydroxyl groups excluding tert-OH is 1. The predicted molar refractivity (Wildman–Crippen MR) is 135 cm³/mol. The number of fused-ring (bicyclic) bond motifs is 1. The fourth-order valence-electron chi connectivity index (χ4n) is 4.74. The van der Waals surface area contributed by atoms with Gasteiger partial charge in [-0.1, -0.05) is 19.9 Å². The van der Waals surface area contributed by atoms with Crippen LogP contribution in [-0.4, -0.2) is 41.7 Å². The predicted octanol–water partition coefficient (Wildman–Crippen LogP) is 4.82. The van der Waals surface area contributed by atoms with Crippen LogP contribution in [0.4, 0.5) is 10.2 Å². The third-order valence-corrected chi connectivity index (χ3v) is 6.66. The minimum atomic E-state index is -0.605. The zero-order chi connectivity index (χ0) is 25.4. The van der Waals surface area contributed by atoms with Gasteiger partial charge in [-0.2, -0.15) is 0 Å². The number of hydrogen-bond donors (Lipinski definition) is 2. The number of imidazole rings is 2. The maximum Gasteiger partial charge on any atom is 0.259 e. The summed E-state index contributed by atoms with van der Waals surface area (Å²) in [6.45, 7) is 6.00. The van der Waals surface area contributed by atoms with E-state index in [1.807, 2.05) is 18.5 Å². The molecule has 8 nitrogen and oxygen atoms in total. The first kappa shape index (κ1) is 23.9. The third kappa shape index (κ3) is 4.42. The molecule has 0 saturated heterocycles. The summed E-state index contributed by atoms with van der Waals surface area (Å²) in [6, 6.07) is 8.34. The van der Waals surface area contributed by atoms with Crippen molar-refractivity contribution >= 4 is 11.7 Å². The molecular weight excluding hydrogens is 459 g/mol. The highest BCUT2D eigenvalue weighted by atomic mass is 19.1. The lowest BCUT2D eigenvalue weighted by atomic mass is 10.1. The summed E-state index contributed by atoms with van der Waals surface area (Å²) in [7, 11) is 0. The van der Waals surface area contributed by atoms with Crippen LogP contribution in [0.5, 0.6) is 0 Å². The SMILES string of the molecule is Cc1cc(F)c(C(=O)Nc2cccc(-c3ncc4n3[C@H](CCO)CC4)n2)cc1-n1cnc(C(C)C)c1. The van der Waals surface area contributed by atoms with Gasteiger partial charge in [-0.25, -0.2) is 19.3 Å². The number of rotatable bonds is 7. The van der Waals surface area contributed by atoms with E-state index in [4.69, 9.17) is 0 Å². The fraction of sp³-hybridized carbons (Fsp3) is 0.333. The molecule has 4 aromatic rings. The fourth-order valence-corrected chi connectivity index (χ4v) is 4.74. The van der Waals surface area contributed by atoms with Gasteiger partial charge in [0, 0.05) is 30.7 Å². The third-order valence-electron chi connectivity index (χ3n) is 6.66. The monoisotopic (exact) mass is 488 g/mol. The van der Waals surface area contributed by atoms with Crippen molar-refractivity contribution in [2.24, 2.45) is 0 Å². The number of carbonyl (C=O) groups is 1. The van der Waals surface area contributed by atoms with Crippen LogP contribution in [-0.2, 0) is 6.42 Å². The first-order valence-electron chi connectivity index (χ1n) is 12.2. The molecule has 0 radical (unpaired) electrons. The Morgan fingerprint density at radius 2 is 2.11 bits per heavy atom. The van der Waals surface area contributed by atoms with Crippen LogP contribution >= 0.6 is 0 Å². The Bertz CT molecular complexity index is 1420. The van der Waals surface area contributed by atoms with E-state index < -0.39 is 11.7 Å². The quantitative estimate of drug-likeness (QED) is 0.389. The second-order valence-corrected chi connectivity index (χ2v) is 9.49. The van der Waals surface area contributed by atoms with Gasteiger partial charge in [0.15, 0.2) is 5.82 Å². The van der Waals surface area contributed by atoms with Gasteiger partial charge in [0.05, 0.1) is 23.3 Å². The number of nitrogens with one attached hydrogen (secondary N) is 1. The van der Waals surface area contributed by atoms with E-state index in [0.717, 1.165) is 24.2 Å². The molecule has 1 aliphatic rings. The van der Waals surface area contributed by atoms with E-state index in [0.29, 0.717) is 35.0 Å². The van der Waals surface area contributed by atoms with Crippen LogP contribution in [0.15, 0.2) is 49.1 Å². The largest absolute Gasteiger partial charge is 0.396 e. The number of amides is 1. The van der Waals surface area contributed by atoms with Crippen molar-refractivity contribution in [1.82, 2.24) is 24.1 Å². The molecular formula is C27H29FN6O2. The van der Waals surface area contributed by atoms with Gasteiger partial charge in [0.2, 0.25) is 0 Å². The van der Waals surface area contributed by atoms with Crippen molar-refractivity contribution in [1.29, 1.82) is 0 Å². The molecule has 5 rings (SSSR count). The minimum absolute atomic E-state index is 0.0766. The number of carbonyl (C=O) groups excluding carboxylic acids is 1. The molecule has 1 atom stereocenters. The molecule has 1 aromatic carbocycles. The van der Waals surface area contributed by atoms with E-state index in [2.05, 4.69) is 38.7 Å². The van der Waals surface area contributed by atoms with Crippen molar-refractivity contribution in [2.75, 3.05) is 11.9 Å². The highest BCUT2D eigenvalue weighted by Gasteiger charge is 2.26. The molecule has 0 aliphatic carbocycles. The van der Waals surface area contributed by atoms with Crippen molar-refractivity contribution in [3.8, 4) is 17.2 Å². The summed E-state index contributed by atoms with van der Waals surface area (Å²) in [5, 5.41) is 12.2.